The van der Waals surface area contributed by atoms with Gasteiger partial charge in [0.25, 0.3) is 5.91 Å². The highest BCUT2D eigenvalue weighted by molar-refractivity contribution is 9.10. The number of nitrogens with zero attached hydrogens (tertiary/aromatic N) is 2. The fraction of sp³-hybridized carbons (Fsp3) is 0. The lowest BCUT2D eigenvalue weighted by Gasteiger charge is -2.07. The molecule has 4 rings (SSSR count). The summed E-state index contributed by atoms with van der Waals surface area (Å²) in [5.74, 6) is -3.58. The molecule has 0 radical (unpaired) electrons. The molecule has 0 saturated carbocycles. The van der Waals surface area contributed by atoms with E-state index in [4.69, 9.17) is 23.2 Å². The van der Waals surface area contributed by atoms with Crippen molar-refractivity contribution in [1.29, 1.82) is 0 Å². The highest BCUT2D eigenvalue weighted by atomic mass is 79.9. The molecule has 4 aromatic rings. The van der Waals surface area contributed by atoms with Crippen LogP contribution in [0, 0.1) is 11.6 Å². The quantitative estimate of drug-likeness (QED) is 0.304. The maximum Gasteiger partial charge on any atom is 0.266 e. The molecule has 150 valence electrons. The van der Waals surface area contributed by atoms with Gasteiger partial charge in [0.15, 0.2) is 0 Å². The van der Waals surface area contributed by atoms with Crippen LogP contribution in [0.3, 0.4) is 0 Å². The number of aromatic nitrogens is 2. The number of carbonyl (C=O) groups excluding carboxylic acids is 2. The molecule has 0 aliphatic rings. The molecule has 0 fully saturated rings. The molecule has 9 heteroatoms. The average molecular weight is 510 g/mol. The summed E-state index contributed by atoms with van der Waals surface area (Å²) in [6.45, 7) is 0. The number of rotatable bonds is 3. The zero-order valence-corrected chi connectivity index (χ0v) is 17.9. The molecule has 0 amide bonds. The Morgan fingerprint density at radius 3 is 2.20 bits per heavy atom. The van der Waals surface area contributed by atoms with E-state index in [1.165, 1.54) is 30.6 Å². The lowest BCUT2D eigenvalue weighted by molar-refractivity contribution is 0.0964. The third-order valence-corrected chi connectivity index (χ3v) is 5.50. The van der Waals surface area contributed by atoms with Crippen LogP contribution in [0.2, 0.25) is 10.0 Å². The standard InChI is InChI=1S/C21H9BrCl2F2N2O2/c22-10-7-11-12(19(29)18-15(25)5-2-6-16(18)26)9-28(20(11)27-8-10)21(30)17-13(23)3-1-4-14(17)24/h1-9H. The summed E-state index contributed by atoms with van der Waals surface area (Å²) in [7, 11) is 0. The lowest BCUT2D eigenvalue weighted by atomic mass is 10.0. The number of ketones is 1. The van der Waals surface area contributed by atoms with Crippen LogP contribution in [0.4, 0.5) is 8.78 Å². The number of hydrogen-bond acceptors (Lipinski definition) is 3. The van der Waals surface area contributed by atoms with Gasteiger partial charge in [-0.05, 0) is 46.3 Å². The molecule has 0 atom stereocenters. The zero-order valence-electron chi connectivity index (χ0n) is 14.8. The number of fused-ring (bicyclic) bond motifs is 1. The van der Waals surface area contributed by atoms with Crippen LogP contribution in [0.15, 0.2) is 59.3 Å². The van der Waals surface area contributed by atoms with Crippen LogP contribution < -0.4 is 0 Å². The smallest absolute Gasteiger partial charge is 0.266 e. The third kappa shape index (κ3) is 3.43. The first-order chi connectivity index (χ1) is 14.3. The number of halogens is 5. The maximum absolute atomic E-state index is 14.2. The predicted molar refractivity (Wildman–Crippen MR) is 113 cm³/mol. The summed E-state index contributed by atoms with van der Waals surface area (Å²) >= 11 is 15.5. The van der Waals surface area contributed by atoms with Crippen molar-refractivity contribution in [3.05, 3.63) is 97.7 Å². The third-order valence-electron chi connectivity index (χ3n) is 4.44. The Morgan fingerprint density at radius 1 is 0.967 bits per heavy atom. The van der Waals surface area contributed by atoms with Crippen molar-refractivity contribution >= 4 is 61.9 Å². The van der Waals surface area contributed by atoms with E-state index in [2.05, 4.69) is 20.9 Å². The first-order valence-electron chi connectivity index (χ1n) is 8.43. The molecule has 0 N–H and O–H groups in total. The molecule has 4 nitrogen and oxygen atoms in total. The summed E-state index contributed by atoms with van der Waals surface area (Å²) in [6, 6.07) is 9.24. The molecule has 0 bridgehead atoms. The SMILES string of the molecule is O=C(c1c(F)cccc1F)c1cn(C(=O)c2c(Cl)cccc2Cl)c2ncc(Br)cc12. The Hall–Kier alpha value is -2.61. The minimum Gasteiger partial charge on any atom is -0.288 e. The molecule has 0 aliphatic heterocycles. The molecule has 0 unspecified atom stereocenters. The second-order valence-corrected chi connectivity index (χ2v) is 8.00. The second-order valence-electron chi connectivity index (χ2n) is 6.27. The van der Waals surface area contributed by atoms with Gasteiger partial charge in [-0.15, -0.1) is 0 Å². The molecule has 0 aliphatic carbocycles. The van der Waals surface area contributed by atoms with Gasteiger partial charge in [0.1, 0.15) is 17.3 Å². The van der Waals surface area contributed by atoms with Crippen LogP contribution in [-0.4, -0.2) is 21.2 Å². The molecule has 0 spiro atoms. The van der Waals surface area contributed by atoms with Gasteiger partial charge in [-0.1, -0.05) is 35.3 Å². The Labute approximate surface area is 187 Å². The molecular formula is C21H9BrCl2F2N2O2. The van der Waals surface area contributed by atoms with Gasteiger partial charge in [0.2, 0.25) is 5.78 Å². The topological polar surface area (TPSA) is 52.0 Å². The zero-order chi connectivity index (χ0) is 21.6. The molecule has 2 aromatic heterocycles. The lowest BCUT2D eigenvalue weighted by Crippen LogP contribution is -2.13. The Balaban J connectivity index is 1.97. The first-order valence-corrected chi connectivity index (χ1v) is 9.98. The van der Waals surface area contributed by atoms with Crippen LogP contribution >= 0.6 is 39.1 Å². The van der Waals surface area contributed by atoms with Gasteiger partial charge in [0.05, 0.1) is 26.7 Å². The van der Waals surface area contributed by atoms with Gasteiger partial charge in [-0.3, -0.25) is 14.2 Å². The summed E-state index contributed by atoms with van der Waals surface area (Å²) in [4.78, 5) is 30.4. The minimum absolute atomic E-state index is 0.0125. The van der Waals surface area contributed by atoms with E-state index in [0.29, 0.717) is 4.47 Å². The van der Waals surface area contributed by atoms with Crippen molar-refractivity contribution in [2.75, 3.05) is 0 Å². The van der Waals surface area contributed by atoms with E-state index >= 15 is 0 Å². The van der Waals surface area contributed by atoms with E-state index < -0.39 is 28.9 Å². The summed E-state index contributed by atoms with van der Waals surface area (Å²) in [6.07, 6.45) is 2.61. The summed E-state index contributed by atoms with van der Waals surface area (Å²) in [5.41, 5.74) is -0.697. The maximum atomic E-state index is 14.2. The molecule has 0 saturated heterocycles. The van der Waals surface area contributed by atoms with E-state index in [-0.39, 0.29) is 32.2 Å². The number of benzene rings is 2. The number of hydrogen-bond donors (Lipinski definition) is 0. The van der Waals surface area contributed by atoms with E-state index in [1.807, 2.05) is 0 Å². The Morgan fingerprint density at radius 2 is 1.57 bits per heavy atom. The van der Waals surface area contributed by atoms with E-state index in [9.17, 15) is 18.4 Å². The number of pyridine rings is 1. The summed E-state index contributed by atoms with van der Waals surface area (Å²) < 4.78 is 30.0. The van der Waals surface area contributed by atoms with Crippen LogP contribution in [0.25, 0.3) is 11.0 Å². The number of carbonyl (C=O) groups is 2. The van der Waals surface area contributed by atoms with Crippen LogP contribution in [-0.2, 0) is 0 Å². The fourth-order valence-corrected chi connectivity index (χ4v) is 3.98. The largest absolute Gasteiger partial charge is 0.288 e. The van der Waals surface area contributed by atoms with Crippen molar-refractivity contribution in [3.8, 4) is 0 Å². The Kier molecular flexibility index (Phi) is 5.44. The van der Waals surface area contributed by atoms with Crippen molar-refractivity contribution in [1.82, 2.24) is 9.55 Å². The van der Waals surface area contributed by atoms with Crippen molar-refractivity contribution < 1.29 is 18.4 Å². The molecule has 2 heterocycles. The molecule has 30 heavy (non-hydrogen) atoms. The minimum atomic E-state index is -1.01. The van der Waals surface area contributed by atoms with Crippen LogP contribution in [0.1, 0.15) is 26.3 Å². The van der Waals surface area contributed by atoms with Crippen molar-refractivity contribution in [3.63, 3.8) is 0 Å². The van der Waals surface area contributed by atoms with Gasteiger partial charge < -0.3 is 0 Å². The average Bonchev–Trinajstić information content (AvgIpc) is 3.06. The predicted octanol–water partition coefficient (Wildman–Crippen LogP) is 6.30. The van der Waals surface area contributed by atoms with Crippen molar-refractivity contribution in [2.24, 2.45) is 0 Å². The Bertz CT molecular complexity index is 1310. The fourth-order valence-electron chi connectivity index (χ4n) is 3.09. The normalized spacial score (nSPS) is 11.1. The highest BCUT2D eigenvalue weighted by Gasteiger charge is 2.26. The monoisotopic (exact) mass is 508 g/mol. The van der Waals surface area contributed by atoms with Gasteiger partial charge in [-0.2, -0.15) is 0 Å². The van der Waals surface area contributed by atoms with Gasteiger partial charge >= 0.3 is 0 Å². The molecule has 2 aromatic carbocycles. The molecular weight excluding hydrogens is 501 g/mol. The van der Waals surface area contributed by atoms with E-state index in [0.717, 1.165) is 22.8 Å². The van der Waals surface area contributed by atoms with Crippen LogP contribution in [0.5, 0.6) is 0 Å². The first kappa shape index (κ1) is 20.7. The van der Waals surface area contributed by atoms with Crippen molar-refractivity contribution in [2.45, 2.75) is 0 Å². The van der Waals surface area contributed by atoms with E-state index in [1.54, 1.807) is 6.07 Å². The highest BCUT2D eigenvalue weighted by Crippen LogP contribution is 2.30. The van der Waals surface area contributed by atoms with Gasteiger partial charge in [-0.25, -0.2) is 13.8 Å². The summed E-state index contributed by atoms with van der Waals surface area (Å²) in [5, 5.41) is 0.451. The second kappa shape index (κ2) is 7.91. The van der Waals surface area contributed by atoms with Gasteiger partial charge in [0, 0.05) is 22.3 Å².